The number of hydrogen-bond acceptors (Lipinski definition) is 6. The van der Waals surface area contributed by atoms with Gasteiger partial charge in [0.25, 0.3) is 5.91 Å². The van der Waals surface area contributed by atoms with Crippen molar-refractivity contribution in [3.8, 4) is 0 Å². The molecule has 4 N–H and O–H groups in total. The summed E-state index contributed by atoms with van der Waals surface area (Å²) in [5.74, 6) is -1.14. The first-order valence-corrected chi connectivity index (χ1v) is 11.9. The van der Waals surface area contributed by atoms with Crippen molar-refractivity contribution in [1.29, 1.82) is 0 Å². The highest BCUT2D eigenvalue weighted by molar-refractivity contribution is 7.20. The Morgan fingerprint density at radius 3 is 2.52 bits per heavy atom. The molecule has 0 aliphatic heterocycles. The van der Waals surface area contributed by atoms with Gasteiger partial charge in [-0.25, -0.2) is 5.48 Å². The fraction of sp³-hybridized carbons (Fsp3) is 0.125. The number of rotatable bonds is 8. The number of thiophene rings is 2. The lowest BCUT2D eigenvalue weighted by Crippen LogP contribution is -2.45. The van der Waals surface area contributed by atoms with Crippen LogP contribution in [0.4, 0.5) is 5.69 Å². The number of hydrogen-bond donors (Lipinski definition) is 4. The Labute approximate surface area is 198 Å². The lowest BCUT2D eigenvalue weighted by atomic mass is 10.0. The van der Waals surface area contributed by atoms with Gasteiger partial charge >= 0.3 is 0 Å². The maximum Gasteiger partial charge on any atom is 0.284 e. The molecule has 1 unspecified atom stereocenters. The van der Waals surface area contributed by atoms with Crippen LogP contribution in [0.15, 0.2) is 71.4 Å². The van der Waals surface area contributed by atoms with E-state index in [0.717, 1.165) is 21.2 Å². The molecule has 3 amide bonds. The van der Waals surface area contributed by atoms with E-state index >= 15 is 0 Å². The van der Waals surface area contributed by atoms with Gasteiger partial charge < -0.3 is 10.6 Å². The minimum Gasteiger partial charge on any atom is -0.344 e. The first-order chi connectivity index (χ1) is 16.0. The summed E-state index contributed by atoms with van der Waals surface area (Å²) >= 11 is 2.75. The number of nitrogens with one attached hydrogen (secondary N) is 3. The topological polar surface area (TPSA) is 108 Å². The SMILES string of the molecule is O=C(Cc1ccsc1)NC(Cc1ccccc1)C(=O)Nc1ccc2sc(C(=O)NO)cc2c1. The summed E-state index contributed by atoms with van der Waals surface area (Å²) in [6.07, 6.45) is 0.558. The van der Waals surface area contributed by atoms with E-state index in [2.05, 4.69) is 10.6 Å². The normalized spacial score (nSPS) is 11.7. The van der Waals surface area contributed by atoms with Gasteiger partial charge in [-0.1, -0.05) is 30.3 Å². The molecule has 2 aromatic heterocycles. The van der Waals surface area contributed by atoms with Crippen molar-refractivity contribution in [2.45, 2.75) is 18.9 Å². The van der Waals surface area contributed by atoms with E-state index < -0.39 is 11.9 Å². The Kier molecular flexibility index (Phi) is 7.13. The molecule has 7 nitrogen and oxygen atoms in total. The monoisotopic (exact) mass is 479 g/mol. The van der Waals surface area contributed by atoms with Crippen LogP contribution in [-0.2, 0) is 22.4 Å². The van der Waals surface area contributed by atoms with Crippen LogP contribution in [-0.4, -0.2) is 29.0 Å². The predicted octanol–water partition coefficient (Wildman–Crippen LogP) is 3.99. The molecule has 9 heteroatoms. The van der Waals surface area contributed by atoms with E-state index in [-0.39, 0.29) is 18.2 Å². The third-order valence-corrected chi connectivity index (χ3v) is 6.84. The minimum absolute atomic E-state index is 0.207. The van der Waals surface area contributed by atoms with Crippen molar-refractivity contribution in [2.24, 2.45) is 0 Å². The van der Waals surface area contributed by atoms with Gasteiger partial charge in [0.15, 0.2) is 0 Å². The van der Waals surface area contributed by atoms with Crippen molar-refractivity contribution < 1.29 is 19.6 Å². The van der Waals surface area contributed by atoms with Crippen molar-refractivity contribution >= 4 is 56.2 Å². The molecule has 168 valence electrons. The quantitative estimate of drug-likeness (QED) is 0.226. The smallest absolute Gasteiger partial charge is 0.284 e. The molecule has 0 spiro atoms. The molecule has 0 aliphatic carbocycles. The van der Waals surface area contributed by atoms with Gasteiger partial charge in [0.05, 0.1) is 11.3 Å². The number of carbonyl (C=O) groups excluding carboxylic acids is 3. The molecule has 2 aromatic carbocycles. The molecule has 33 heavy (non-hydrogen) atoms. The standard InChI is InChI=1S/C24H21N3O4S2/c28-22(11-16-8-9-32-14-16)26-19(10-15-4-2-1-3-5-15)23(29)25-18-6-7-20-17(12-18)13-21(33-20)24(30)27-31/h1-9,12-14,19,31H,10-11H2,(H,25,29)(H,26,28)(H,27,30). The number of amides is 3. The van der Waals surface area contributed by atoms with Gasteiger partial charge in [0.1, 0.15) is 6.04 Å². The molecular formula is C24H21N3O4S2. The summed E-state index contributed by atoms with van der Waals surface area (Å²) in [5, 5.41) is 19.2. The Morgan fingerprint density at radius 2 is 1.79 bits per heavy atom. The summed E-state index contributed by atoms with van der Waals surface area (Å²) in [7, 11) is 0. The summed E-state index contributed by atoms with van der Waals surface area (Å²) in [4.78, 5) is 37.8. The number of carbonyl (C=O) groups is 3. The van der Waals surface area contributed by atoms with E-state index in [0.29, 0.717) is 17.0 Å². The summed E-state index contributed by atoms with van der Waals surface area (Å²) < 4.78 is 0.844. The van der Waals surface area contributed by atoms with Crippen molar-refractivity contribution in [3.63, 3.8) is 0 Å². The highest BCUT2D eigenvalue weighted by Crippen LogP contribution is 2.28. The van der Waals surface area contributed by atoms with Crippen LogP contribution in [0.3, 0.4) is 0 Å². The average molecular weight is 480 g/mol. The van der Waals surface area contributed by atoms with Gasteiger partial charge in [-0.3, -0.25) is 19.6 Å². The Morgan fingerprint density at radius 1 is 0.970 bits per heavy atom. The zero-order valence-corrected chi connectivity index (χ0v) is 19.0. The lowest BCUT2D eigenvalue weighted by Gasteiger charge is -2.19. The number of fused-ring (bicyclic) bond motifs is 1. The van der Waals surface area contributed by atoms with Crippen LogP contribution < -0.4 is 16.1 Å². The van der Waals surface area contributed by atoms with Crippen LogP contribution in [0.25, 0.3) is 10.1 Å². The molecule has 2 heterocycles. The number of anilines is 1. The maximum atomic E-state index is 13.1. The van der Waals surface area contributed by atoms with Gasteiger partial charge in [0.2, 0.25) is 11.8 Å². The lowest BCUT2D eigenvalue weighted by molar-refractivity contribution is -0.126. The largest absolute Gasteiger partial charge is 0.344 e. The van der Waals surface area contributed by atoms with Crippen molar-refractivity contribution in [2.75, 3.05) is 5.32 Å². The molecule has 0 saturated heterocycles. The second-order valence-corrected chi connectivity index (χ2v) is 9.28. The highest BCUT2D eigenvalue weighted by Gasteiger charge is 2.22. The Balaban J connectivity index is 1.51. The van der Waals surface area contributed by atoms with Gasteiger partial charge in [-0.15, -0.1) is 11.3 Å². The summed E-state index contributed by atoms with van der Waals surface area (Å²) in [5.41, 5.74) is 4.01. The molecule has 0 fully saturated rings. The molecule has 4 aromatic rings. The fourth-order valence-corrected chi connectivity index (χ4v) is 5.00. The predicted molar refractivity (Wildman–Crippen MR) is 130 cm³/mol. The molecular weight excluding hydrogens is 458 g/mol. The first kappa shape index (κ1) is 22.7. The third kappa shape index (κ3) is 5.83. The fourth-order valence-electron chi connectivity index (χ4n) is 3.40. The highest BCUT2D eigenvalue weighted by atomic mass is 32.1. The van der Waals surface area contributed by atoms with E-state index in [4.69, 9.17) is 5.21 Å². The molecule has 0 aliphatic rings. The van der Waals surface area contributed by atoms with Gasteiger partial charge in [-0.05, 0) is 57.6 Å². The zero-order valence-electron chi connectivity index (χ0n) is 17.4. The minimum atomic E-state index is -0.757. The second kappa shape index (κ2) is 10.4. The van der Waals surface area contributed by atoms with Crippen molar-refractivity contribution in [3.05, 3.63) is 87.4 Å². The van der Waals surface area contributed by atoms with Gasteiger partial charge in [0, 0.05) is 16.8 Å². The Bertz CT molecular complexity index is 1270. The molecule has 0 bridgehead atoms. The van der Waals surface area contributed by atoms with Crippen LogP contribution in [0.2, 0.25) is 0 Å². The van der Waals surface area contributed by atoms with Crippen LogP contribution in [0, 0.1) is 0 Å². The molecule has 4 rings (SSSR count). The van der Waals surface area contributed by atoms with Crippen molar-refractivity contribution in [1.82, 2.24) is 10.8 Å². The van der Waals surface area contributed by atoms with E-state index in [9.17, 15) is 14.4 Å². The maximum absolute atomic E-state index is 13.1. The molecule has 0 saturated carbocycles. The van der Waals surface area contributed by atoms with E-state index in [1.54, 1.807) is 29.7 Å². The average Bonchev–Trinajstić information content (AvgIpc) is 3.48. The van der Waals surface area contributed by atoms with Gasteiger partial charge in [-0.2, -0.15) is 11.3 Å². The number of hydroxylamine groups is 1. The molecule has 1 atom stereocenters. The first-order valence-electron chi connectivity index (χ1n) is 10.1. The van der Waals surface area contributed by atoms with Crippen LogP contribution >= 0.6 is 22.7 Å². The second-order valence-electron chi connectivity index (χ2n) is 7.41. The number of benzene rings is 2. The van der Waals surface area contributed by atoms with Crippen LogP contribution in [0.1, 0.15) is 20.8 Å². The summed E-state index contributed by atoms with van der Waals surface area (Å²) in [6, 6.07) is 17.6. The van der Waals surface area contributed by atoms with E-state index in [1.807, 2.05) is 47.2 Å². The zero-order chi connectivity index (χ0) is 23.2. The van der Waals surface area contributed by atoms with Crippen LogP contribution in [0.5, 0.6) is 0 Å². The Hall–Kier alpha value is -3.53. The third-order valence-electron chi connectivity index (χ3n) is 4.99. The molecule has 0 radical (unpaired) electrons. The van der Waals surface area contributed by atoms with E-state index in [1.165, 1.54) is 22.7 Å². The summed E-state index contributed by atoms with van der Waals surface area (Å²) in [6.45, 7) is 0.